The van der Waals surface area contributed by atoms with Gasteiger partial charge in [-0.15, -0.1) is 0 Å². The lowest BCUT2D eigenvalue weighted by molar-refractivity contribution is 0.0944. The average Bonchev–Trinajstić information content (AvgIpc) is 2.74. The number of rotatable bonds is 4. The summed E-state index contributed by atoms with van der Waals surface area (Å²) in [5, 5.41) is 17.1. The molecule has 1 aliphatic carbocycles. The molecule has 90 valence electrons. The van der Waals surface area contributed by atoms with E-state index in [1.165, 1.54) is 19.3 Å². The van der Waals surface area contributed by atoms with E-state index in [-0.39, 0.29) is 5.41 Å². The van der Waals surface area contributed by atoms with E-state index in [4.69, 9.17) is 0 Å². The van der Waals surface area contributed by atoms with Crippen LogP contribution in [0.2, 0.25) is 0 Å². The lowest BCUT2D eigenvalue weighted by atomic mass is 9.74. The molecule has 0 aliphatic heterocycles. The Morgan fingerprint density at radius 3 is 2.75 bits per heavy atom. The third kappa shape index (κ3) is 2.55. The van der Waals surface area contributed by atoms with Crippen molar-refractivity contribution < 1.29 is 5.11 Å². The van der Waals surface area contributed by atoms with Gasteiger partial charge in [-0.05, 0) is 12.8 Å². The van der Waals surface area contributed by atoms with Gasteiger partial charge in [0.15, 0.2) is 0 Å². The van der Waals surface area contributed by atoms with Crippen molar-refractivity contribution in [2.75, 3.05) is 18.5 Å². The minimum absolute atomic E-state index is 0.0914. The highest BCUT2D eigenvalue weighted by Crippen LogP contribution is 2.35. The van der Waals surface area contributed by atoms with Crippen LogP contribution in [-0.4, -0.2) is 28.0 Å². The highest BCUT2D eigenvalue weighted by Gasteiger charge is 2.31. The number of aliphatic hydroxyl groups is 1. The molecule has 1 aromatic rings. The fourth-order valence-corrected chi connectivity index (χ4v) is 2.49. The van der Waals surface area contributed by atoms with E-state index in [0.29, 0.717) is 6.61 Å². The van der Waals surface area contributed by atoms with Gasteiger partial charge in [-0.1, -0.05) is 19.3 Å². The Hall–Kier alpha value is -1.03. The van der Waals surface area contributed by atoms with Gasteiger partial charge >= 0.3 is 0 Å². The molecule has 1 aliphatic rings. The Morgan fingerprint density at radius 2 is 2.19 bits per heavy atom. The van der Waals surface area contributed by atoms with Gasteiger partial charge in [-0.25, -0.2) is 0 Å². The van der Waals surface area contributed by atoms with E-state index in [9.17, 15) is 5.11 Å². The van der Waals surface area contributed by atoms with E-state index in [2.05, 4.69) is 10.4 Å². The van der Waals surface area contributed by atoms with Crippen LogP contribution in [0.1, 0.15) is 32.1 Å². The zero-order chi connectivity index (χ0) is 11.4. The van der Waals surface area contributed by atoms with Crippen molar-refractivity contribution >= 4 is 5.69 Å². The second kappa shape index (κ2) is 4.87. The molecule has 0 amide bonds. The number of aliphatic hydroxyl groups excluding tert-OH is 1. The summed E-state index contributed by atoms with van der Waals surface area (Å²) >= 11 is 0. The maximum absolute atomic E-state index is 9.56. The topological polar surface area (TPSA) is 50.1 Å². The van der Waals surface area contributed by atoms with Gasteiger partial charge in [0.2, 0.25) is 0 Å². The Morgan fingerprint density at radius 1 is 1.44 bits per heavy atom. The Bertz CT molecular complexity index is 329. The fourth-order valence-electron chi connectivity index (χ4n) is 2.49. The number of hydrogen-bond donors (Lipinski definition) is 2. The first-order chi connectivity index (χ1) is 7.74. The molecular formula is C12H21N3O. The first-order valence-corrected chi connectivity index (χ1v) is 6.07. The quantitative estimate of drug-likeness (QED) is 0.818. The first-order valence-electron chi connectivity index (χ1n) is 6.07. The van der Waals surface area contributed by atoms with Crippen molar-refractivity contribution in [2.45, 2.75) is 32.1 Å². The average molecular weight is 223 g/mol. The number of hydrogen-bond acceptors (Lipinski definition) is 3. The van der Waals surface area contributed by atoms with E-state index < -0.39 is 0 Å². The maximum Gasteiger partial charge on any atom is 0.0726 e. The smallest absolute Gasteiger partial charge is 0.0726 e. The molecule has 2 N–H and O–H groups in total. The molecule has 0 aromatic carbocycles. The van der Waals surface area contributed by atoms with Crippen LogP contribution in [0, 0.1) is 5.41 Å². The summed E-state index contributed by atoms with van der Waals surface area (Å²) in [4.78, 5) is 0. The molecular weight excluding hydrogens is 202 g/mol. The van der Waals surface area contributed by atoms with E-state index in [1.54, 1.807) is 4.68 Å². The molecule has 0 radical (unpaired) electrons. The zero-order valence-electron chi connectivity index (χ0n) is 9.95. The summed E-state index contributed by atoms with van der Waals surface area (Å²) in [5.41, 5.74) is 1.13. The maximum atomic E-state index is 9.56. The molecule has 0 spiro atoms. The van der Waals surface area contributed by atoms with Crippen LogP contribution in [0.3, 0.4) is 0 Å². The van der Waals surface area contributed by atoms with Crippen LogP contribution in [0.25, 0.3) is 0 Å². The minimum Gasteiger partial charge on any atom is -0.396 e. The molecule has 0 unspecified atom stereocenters. The lowest BCUT2D eigenvalue weighted by Crippen LogP contribution is -2.35. The second-order valence-corrected chi connectivity index (χ2v) is 4.98. The molecule has 4 heteroatoms. The van der Waals surface area contributed by atoms with E-state index >= 15 is 0 Å². The third-order valence-electron chi connectivity index (χ3n) is 3.62. The van der Waals surface area contributed by atoms with E-state index in [0.717, 1.165) is 25.1 Å². The predicted molar refractivity (Wildman–Crippen MR) is 64.3 cm³/mol. The van der Waals surface area contributed by atoms with Crippen molar-refractivity contribution in [2.24, 2.45) is 12.5 Å². The summed E-state index contributed by atoms with van der Waals surface area (Å²) < 4.78 is 1.79. The van der Waals surface area contributed by atoms with Crippen molar-refractivity contribution in [1.82, 2.24) is 9.78 Å². The molecule has 1 fully saturated rings. The zero-order valence-corrected chi connectivity index (χ0v) is 9.95. The van der Waals surface area contributed by atoms with Gasteiger partial charge in [0.05, 0.1) is 18.5 Å². The standard InChI is InChI=1S/C12H21N3O/c1-15-8-11(7-14-15)13-9-12(10-16)5-3-2-4-6-12/h7-8,13,16H,2-6,9-10H2,1H3. The first kappa shape index (κ1) is 11.5. The highest BCUT2D eigenvalue weighted by atomic mass is 16.3. The van der Waals surface area contributed by atoms with Crippen molar-refractivity contribution in [3.63, 3.8) is 0 Å². The fraction of sp³-hybridized carbons (Fsp3) is 0.750. The largest absolute Gasteiger partial charge is 0.396 e. The van der Waals surface area contributed by atoms with Gasteiger partial charge in [-0.3, -0.25) is 4.68 Å². The second-order valence-electron chi connectivity index (χ2n) is 4.98. The van der Waals surface area contributed by atoms with Gasteiger partial charge in [0.25, 0.3) is 0 Å². The number of nitrogens with zero attached hydrogens (tertiary/aromatic N) is 2. The van der Waals surface area contributed by atoms with Gasteiger partial charge in [0.1, 0.15) is 0 Å². The predicted octanol–water partition coefficient (Wildman–Crippen LogP) is 1.77. The van der Waals surface area contributed by atoms with Crippen LogP contribution >= 0.6 is 0 Å². The molecule has 4 nitrogen and oxygen atoms in total. The Labute approximate surface area is 96.7 Å². The molecule has 1 heterocycles. The molecule has 0 saturated heterocycles. The van der Waals surface area contributed by atoms with Crippen LogP contribution in [0.5, 0.6) is 0 Å². The summed E-state index contributed by atoms with van der Waals surface area (Å²) in [6.45, 7) is 1.15. The third-order valence-corrected chi connectivity index (χ3v) is 3.62. The monoisotopic (exact) mass is 223 g/mol. The van der Waals surface area contributed by atoms with Gasteiger partial charge in [0, 0.05) is 25.2 Å². The van der Waals surface area contributed by atoms with E-state index in [1.807, 2.05) is 19.4 Å². The van der Waals surface area contributed by atoms with Crippen LogP contribution in [0.15, 0.2) is 12.4 Å². The Kier molecular flexibility index (Phi) is 3.49. The van der Waals surface area contributed by atoms with Crippen LogP contribution < -0.4 is 5.32 Å². The number of anilines is 1. The highest BCUT2D eigenvalue weighted by molar-refractivity contribution is 5.38. The molecule has 1 saturated carbocycles. The van der Waals surface area contributed by atoms with Gasteiger partial charge in [-0.2, -0.15) is 5.10 Å². The summed E-state index contributed by atoms with van der Waals surface area (Å²) in [6.07, 6.45) is 9.87. The van der Waals surface area contributed by atoms with Crippen molar-refractivity contribution in [3.05, 3.63) is 12.4 Å². The van der Waals surface area contributed by atoms with Gasteiger partial charge < -0.3 is 10.4 Å². The number of aryl methyl sites for hydroxylation is 1. The molecule has 2 rings (SSSR count). The Balaban J connectivity index is 1.91. The summed E-state index contributed by atoms with van der Waals surface area (Å²) in [6, 6.07) is 0. The lowest BCUT2D eigenvalue weighted by Gasteiger charge is -2.35. The molecule has 1 aromatic heterocycles. The summed E-state index contributed by atoms with van der Waals surface area (Å²) in [7, 11) is 1.91. The number of aromatic nitrogens is 2. The summed E-state index contributed by atoms with van der Waals surface area (Å²) in [5.74, 6) is 0. The molecule has 0 atom stereocenters. The van der Waals surface area contributed by atoms with Crippen molar-refractivity contribution in [1.29, 1.82) is 0 Å². The van der Waals surface area contributed by atoms with Crippen LogP contribution in [0.4, 0.5) is 5.69 Å². The molecule has 16 heavy (non-hydrogen) atoms. The number of nitrogens with one attached hydrogen (secondary N) is 1. The SMILES string of the molecule is Cn1cc(NCC2(CO)CCCCC2)cn1. The minimum atomic E-state index is 0.0914. The van der Waals surface area contributed by atoms with Crippen LogP contribution in [-0.2, 0) is 7.05 Å². The normalized spacial score (nSPS) is 19.6. The van der Waals surface area contributed by atoms with Crippen molar-refractivity contribution in [3.8, 4) is 0 Å². The molecule has 0 bridgehead atoms.